The lowest BCUT2D eigenvalue weighted by Gasteiger charge is -2.28. The largest absolute Gasteiger partial charge is 0.378 e. The van der Waals surface area contributed by atoms with Crippen molar-refractivity contribution in [2.45, 2.75) is 32.2 Å². The maximum Gasteiger partial charge on any atom is 0.171 e. The fourth-order valence-corrected chi connectivity index (χ4v) is 4.90. The quantitative estimate of drug-likeness (QED) is 0.583. The molecule has 1 atom stereocenters. The lowest BCUT2D eigenvalue weighted by atomic mass is 9.88. The lowest BCUT2D eigenvalue weighted by Crippen LogP contribution is -2.36. The van der Waals surface area contributed by atoms with E-state index in [9.17, 15) is 0 Å². The van der Waals surface area contributed by atoms with Crippen LogP contribution in [0.15, 0.2) is 48.5 Å². The number of benzene rings is 2. The van der Waals surface area contributed by atoms with Crippen molar-refractivity contribution in [3.8, 4) is 0 Å². The molecule has 2 heterocycles. The van der Waals surface area contributed by atoms with Gasteiger partial charge in [-0.1, -0.05) is 24.3 Å². The van der Waals surface area contributed by atoms with Crippen LogP contribution in [0.5, 0.6) is 0 Å². The smallest absolute Gasteiger partial charge is 0.171 e. The van der Waals surface area contributed by atoms with Gasteiger partial charge < -0.3 is 20.3 Å². The van der Waals surface area contributed by atoms with E-state index in [-0.39, 0.29) is 6.04 Å². The molecule has 0 amide bonds. The normalized spacial score (nSPS) is 18.5. The minimum atomic E-state index is 0.268. The highest BCUT2D eigenvalue weighted by molar-refractivity contribution is 7.80. The third-order valence-electron chi connectivity index (χ3n) is 6.27. The molecule has 3 aromatic rings. The highest BCUT2D eigenvalue weighted by Gasteiger charge is 2.20. The third-order valence-corrected chi connectivity index (χ3v) is 6.49. The van der Waals surface area contributed by atoms with Gasteiger partial charge in [-0.2, -0.15) is 0 Å². The van der Waals surface area contributed by atoms with Crippen molar-refractivity contribution < 1.29 is 4.74 Å². The van der Waals surface area contributed by atoms with E-state index >= 15 is 0 Å². The van der Waals surface area contributed by atoms with Crippen LogP contribution in [-0.4, -0.2) is 36.4 Å². The Balaban J connectivity index is 1.31. The molecule has 1 aliphatic heterocycles. The third kappa shape index (κ3) is 4.36. The van der Waals surface area contributed by atoms with Gasteiger partial charge in [0.25, 0.3) is 0 Å². The number of nitrogens with one attached hydrogen (secondary N) is 2. The van der Waals surface area contributed by atoms with Crippen LogP contribution in [-0.2, 0) is 11.2 Å². The standard InChI is InChI=1S/C25H28N4OS/c1-17-15-24(29-11-13-30-14-12-29)27-23-10-9-19(16-21(17)23)26-25(31)28-22-8-4-6-18-5-2-3-7-20(18)22/h2-3,5,7,9-10,15-16,22H,4,6,8,11-14H2,1H3,(H2,26,28,31). The van der Waals surface area contributed by atoms with Gasteiger partial charge in [-0.15, -0.1) is 0 Å². The Morgan fingerprint density at radius 3 is 2.84 bits per heavy atom. The maximum absolute atomic E-state index is 5.65. The van der Waals surface area contributed by atoms with E-state index in [0.717, 1.165) is 61.6 Å². The van der Waals surface area contributed by atoms with Gasteiger partial charge in [-0.3, -0.25) is 0 Å². The first kappa shape index (κ1) is 20.2. The predicted molar refractivity (Wildman–Crippen MR) is 131 cm³/mol. The maximum atomic E-state index is 5.65. The first-order valence-electron chi connectivity index (χ1n) is 11.1. The van der Waals surface area contributed by atoms with Gasteiger partial charge in [-0.25, -0.2) is 4.98 Å². The van der Waals surface area contributed by atoms with Crippen LogP contribution in [0.3, 0.4) is 0 Å². The Morgan fingerprint density at radius 1 is 1.13 bits per heavy atom. The van der Waals surface area contributed by atoms with Crippen molar-refractivity contribution in [2.24, 2.45) is 0 Å². The van der Waals surface area contributed by atoms with Gasteiger partial charge in [0.05, 0.1) is 24.8 Å². The molecule has 160 valence electrons. The molecule has 6 heteroatoms. The Bertz CT molecular complexity index is 1110. The molecule has 0 radical (unpaired) electrons. The molecular weight excluding hydrogens is 404 g/mol. The van der Waals surface area contributed by atoms with Gasteiger partial charge in [0, 0.05) is 24.2 Å². The summed E-state index contributed by atoms with van der Waals surface area (Å²) in [5.41, 5.74) is 6.00. The van der Waals surface area contributed by atoms with E-state index in [1.165, 1.54) is 23.1 Å². The molecule has 31 heavy (non-hydrogen) atoms. The number of hydrogen-bond acceptors (Lipinski definition) is 4. The molecule has 1 aromatic heterocycles. The van der Waals surface area contributed by atoms with Crippen LogP contribution in [0.4, 0.5) is 11.5 Å². The molecule has 1 aliphatic carbocycles. The van der Waals surface area contributed by atoms with Crippen molar-refractivity contribution in [3.63, 3.8) is 0 Å². The number of nitrogens with zero attached hydrogens (tertiary/aromatic N) is 2. The summed E-state index contributed by atoms with van der Waals surface area (Å²) in [7, 11) is 0. The second-order valence-corrected chi connectivity index (χ2v) is 8.78. The average Bonchev–Trinajstić information content (AvgIpc) is 2.80. The fraction of sp³-hybridized carbons (Fsp3) is 0.360. The minimum Gasteiger partial charge on any atom is -0.378 e. The van der Waals surface area contributed by atoms with E-state index in [1.54, 1.807) is 0 Å². The summed E-state index contributed by atoms with van der Waals surface area (Å²) < 4.78 is 5.47. The Kier molecular flexibility index (Phi) is 5.74. The van der Waals surface area contributed by atoms with Gasteiger partial charge in [0.2, 0.25) is 0 Å². The Labute approximate surface area is 188 Å². The summed E-state index contributed by atoms with van der Waals surface area (Å²) in [5, 5.41) is 8.72. The number of thiocarbonyl (C=S) groups is 1. The molecule has 2 aliphatic rings. The highest BCUT2D eigenvalue weighted by atomic mass is 32.1. The second kappa shape index (κ2) is 8.81. The zero-order valence-corrected chi connectivity index (χ0v) is 18.7. The predicted octanol–water partition coefficient (Wildman–Crippen LogP) is 4.74. The van der Waals surface area contributed by atoms with Gasteiger partial charge >= 0.3 is 0 Å². The summed E-state index contributed by atoms with van der Waals surface area (Å²) in [5.74, 6) is 1.03. The van der Waals surface area contributed by atoms with E-state index in [0.29, 0.717) is 5.11 Å². The first-order valence-corrected chi connectivity index (χ1v) is 11.5. The number of ether oxygens (including phenoxy) is 1. The summed E-state index contributed by atoms with van der Waals surface area (Å²) >= 11 is 5.65. The average molecular weight is 433 g/mol. The van der Waals surface area contributed by atoms with Crippen molar-refractivity contribution in [2.75, 3.05) is 36.5 Å². The number of morpholine rings is 1. The zero-order chi connectivity index (χ0) is 21.2. The lowest BCUT2D eigenvalue weighted by molar-refractivity contribution is 0.122. The molecule has 0 bridgehead atoms. The van der Waals surface area contributed by atoms with Crippen LogP contribution in [0.2, 0.25) is 0 Å². The summed E-state index contributed by atoms with van der Waals surface area (Å²) in [4.78, 5) is 7.19. The molecule has 5 nitrogen and oxygen atoms in total. The van der Waals surface area contributed by atoms with Crippen LogP contribution in [0, 0.1) is 6.92 Å². The highest BCUT2D eigenvalue weighted by Crippen LogP contribution is 2.30. The van der Waals surface area contributed by atoms with Crippen molar-refractivity contribution in [1.29, 1.82) is 0 Å². The topological polar surface area (TPSA) is 49.4 Å². The molecule has 0 saturated carbocycles. The number of pyridine rings is 1. The molecule has 0 spiro atoms. The molecule has 2 aromatic carbocycles. The minimum absolute atomic E-state index is 0.268. The van der Waals surface area contributed by atoms with Crippen LogP contribution in [0.25, 0.3) is 10.9 Å². The van der Waals surface area contributed by atoms with E-state index < -0.39 is 0 Å². The van der Waals surface area contributed by atoms with Crippen molar-refractivity contribution >= 4 is 39.7 Å². The Hall–Kier alpha value is -2.70. The number of rotatable bonds is 3. The molecule has 1 fully saturated rings. The van der Waals surface area contributed by atoms with E-state index in [1.807, 2.05) is 0 Å². The molecule has 5 rings (SSSR count). The number of aryl methyl sites for hydroxylation is 2. The van der Waals surface area contributed by atoms with Crippen LogP contribution >= 0.6 is 12.2 Å². The number of anilines is 2. The Morgan fingerprint density at radius 2 is 1.97 bits per heavy atom. The van der Waals surface area contributed by atoms with E-state index in [2.05, 4.69) is 71.0 Å². The summed E-state index contributed by atoms with van der Waals surface area (Å²) in [6.07, 6.45) is 3.44. The number of fused-ring (bicyclic) bond motifs is 2. The van der Waals surface area contributed by atoms with E-state index in [4.69, 9.17) is 21.9 Å². The SMILES string of the molecule is Cc1cc(N2CCOCC2)nc2ccc(NC(=S)NC3CCCc4ccccc43)cc12. The van der Waals surface area contributed by atoms with Crippen LogP contribution < -0.4 is 15.5 Å². The molecule has 1 unspecified atom stereocenters. The van der Waals surface area contributed by atoms with Crippen molar-refractivity contribution in [1.82, 2.24) is 10.3 Å². The van der Waals surface area contributed by atoms with Gasteiger partial charge in [-0.05, 0) is 79.4 Å². The summed E-state index contributed by atoms with van der Waals surface area (Å²) in [6.45, 7) is 5.45. The van der Waals surface area contributed by atoms with Crippen molar-refractivity contribution in [3.05, 3.63) is 65.2 Å². The summed E-state index contributed by atoms with van der Waals surface area (Å²) in [6, 6.07) is 17.4. The van der Waals surface area contributed by atoms with Gasteiger partial charge in [0.1, 0.15) is 5.82 Å². The number of aromatic nitrogens is 1. The second-order valence-electron chi connectivity index (χ2n) is 8.37. The van der Waals surface area contributed by atoms with Gasteiger partial charge in [0.15, 0.2) is 5.11 Å². The zero-order valence-electron chi connectivity index (χ0n) is 17.9. The monoisotopic (exact) mass is 432 g/mol. The molecule has 1 saturated heterocycles. The van der Waals surface area contributed by atoms with Crippen LogP contribution in [0.1, 0.15) is 35.6 Å². The fourth-order valence-electron chi connectivity index (χ4n) is 4.64. The molecule has 2 N–H and O–H groups in total. The molecular formula is C25H28N4OS. The number of hydrogen-bond donors (Lipinski definition) is 2. The first-order chi connectivity index (χ1) is 15.2.